The van der Waals surface area contributed by atoms with Gasteiger partial charge in [0.15, 0.2) is 0 Å². The lowest BCUT2D eigenvalue weighted by Crippen LogP contribution is -2.13. The van der Waals surface area contributed by atoms with Gasteiger partial charge in [0, 0.05) is 4.90 Å². The minimum absolute atomic E-state index is 0.284. The third kappa shape index (κ3) is 4.30. The van der Waals surface area contributed by atoms with Crippen LogP contribution in [0.2, 0.25) is 0 Å². The van der Waals surface area contributed by atoms with Crippen LogP contribution < -0.4 is 16.0 Å². The quantitative estimate of drug-likeness (QED) is 0.627. The molecule has 1 heterocycles. The summed E-state index contributed by atoms with van der Waals surface area (Å²) < 4.78 is 5.45. The highest BCUT2D eigenvalue weighted by molar-refractivity contribution is 7.99. The van der Waals surface area contributed by atoms with E-state index >= 15 is 0 Å². The van der Waals surface area contributed by atoms with Gasteiger partial charge in [-0.3, -0.25) is 5.43 Å². The average Bonchev–Trinajstić information content (AvgIpc) is 2.48. The van der Waals surface area contributed by atoms with Crippen LogP contribution in [0.3, 0.4) is 0 Å². The van der Waals surface area contributed by atoms with Crippen molar-refractivity contribution in [2.24, 2.45) is 5.84 Å². The zero-order valence-corrected chi connectivity index (χ0v) is 13.2. The smallest absolute Gasteiger partial charge is 0.322 e. The number of hydrogen-bond donors (Lipinski definition) is 2. The topological polar surface area (TPSA) is 86.0 Å². The molecule has 0 fully saturated rings. The highest BCUT2D eigenvalue weighted by atomic mass is 32.2. The third-order valence-corrected chi connectivity index (χ3v) is 3.73. The van der Waals surface area contributed by atoms with Gasteiger partial charge in [0.25, 0.3) is 0 Å². The molecule has 112 valence electrons. The molecule has 7 heteroatoms. The Hall–Kier alpha value is -1.86. The van der Waals surface area contributed by atoms with Gasteiger partial charge in [-0.05, 0) is 43.7 Å². The molecular formula is C14H19N5OS. The Kier molecular flexibility index (Phi) is 5.35. The van der Waals surface area contributed by atoms with Crippen LogP contribution in [0.4, 0.5) is 5.95 Å². The second kappa shape index (κ2) is 7.24. The fourth-order valence-electron chi connectivity index (χ4n) is 1.72. The molecule has 0 saturated carbocycles. The van der Waals surface area contributed by atoms with Crippen LogP contribution in [0, 0.1) is 13.8 Å². The summed E-state index contributed by atoms with van der Waals surface area (Å²) in [6, 6.07) is 6.53. The van der Waals surface area contributed by atoms with Gasteiger partial charge in [-0.2, -0.15) is 15.0 Å². The molecule has 2 rings (SSSR count). The normalized spacial score (nSPS) is 10.5. The van der Waals surface area contributed by atoms with Gasteiger partial charge >= 0.3 is 6.01 Å². The first-order valence-electron chi connectivity index (χ1n) is 6.73. The molecule has 2 aromatic rings. The molecule has 0 atom stereocenters. The molecular weight excluding hydrogens is 286 g/mol. The van der Waals surface area contributed by atoms with E-state index in [0.29, 0.717) is 17.7 Å². The molecule has 0 radical (unpaired) electrons. The number of aromatic nitrogens is 3. The van der Waals surface area contributed by atoms with Gasteiger partial charge in [0.05, 0.1) is 6.61 Å². The number of nitrogens with two attached hydrogens (primary N) is 1. The van der Waals surface area contributed by atoms with E-state index in [9.17, 15) is 0 Å². The van der Waals surface area contributed by atoms with Gasteiger partial charge in [0.2, 0.25) is 11.1 Å². The fourth-order valence-corrected chi connectivity index (χ4v) is 2.53. The second-order valence-electron chi connectivity index (χ2n) is 4.59. The van der Waals surface area contributed by atoms with Crippen LogP contribution in [0.5, 0.6) is 6.01 Å². The van der Waals surface area contributed by atoms with Crippen molar-refractivity contribution in [2.75, 3.05) is 12.0 Å². The lowest BCUT2D eigenvalue weighted by molar-refractivity contribution is 0.288. The molecule has 0 saturated heterocycles. The van der Waals surface area contributed by atoms with Gasteiger partial charge in [-0.15, -0.1) is 0 Å². The molecule has 6 nitrogen and oxygen atoms in total. The summed E-state index contributed by atoms with van der Waals surface area (Å²) >= 11 is 1.46. The van der Waals surface area contributed by atoms with Crippen molar-refractivity contribution in [2.45, 2.75) is 37.2 Å². The molecule has 1 aromatic carbocycles. The van der Waals surface area contributed by atoms with Crippen LogP contribution in [0.15, 0.2) is 28.3 Å². The molecule has 0 aliphatic heterocycles. The zero-order chi connectivity index (χ0) is 15.2. The number of nitrogens with one attached hydrogen (secondary N) is 1. The van der Waals surface area contributed by atoms with Gasteiger partial charge in [-0.1, -0.05) is 24.6 Å². The largest absolute Gasteiger partial charge is 0.463 e. The highest BCUT2D eigenvalue weighted by Crippen LogP contribution is 2.29. The van der Waals surface area contributed by atoms with Crippen LogP contribution >= 0.6 is 11.8 Å². The maximum absolute atomic E-state index is 5.45. The van der Waals surface area contributed by atoms with Crippen molar-refractivity contribution in [3.05, 3.63) is 29.3 Å². The van der Waals surface area contributed by atoms with Crippen molar-refractivity contribution < 1.29 is 4.74 Å². The number of nitrogen functional groups attached to an aromatic ring is 1. The first kappa shape index (κ1) is 15.5. The van der Waals surface area contributed by atoms with E-state index < -0.39 is 0 Å². The number of benzene rings is 1. The summed E-state index contributed by atoms with van der Waals surface area (Å²) in [6.45, 7) is 6.71. The number of nitrogens with zero attached hydrogens (tertiary/aromatic N) is 3. The van der Waals surface area contributed by atoms with Gasteiger partial charge < -0.3 is 4.74 Å². The van der Waals surface area contributed by atoms with Crippen molar-refractivity contribution in [1.29, 1.82) is 0 Å². The standard InChI is InChI=1S/C14H19N5OS/c1-4-7-20-13-16-12(19-15)17-14(18-13)21-11-6-5-9(2)8-10(11)3/h5-6,8H,4,7,15H2,1-3H3,(H,16,17,18,19). The predicted molar refractivity (Wildman–Crippen MR) is 83.5 cm³/mol. The molecule has 0 bridgehead atoms. The van der Waals surface area contributed by atoms with E-state index in [-0.39, 0.29) is 6.01 Å². The number of rotatable bonds is 6. The summed E-state index contributed by atoms with van der Waals surface area (Å²) in [7, 11) is 0. The monoisotopic (exact) mass is 305 g/mol. The predicted octanol–water partition coefficient (Wildman–Crippen LogP) is 2.71. The Morgan fingerprint density at radius 1 is 1.24 bits per heavy atom. The first-order chi connectivity index (χ1) is 10.1. The minimum Gasteiger partial charge on any atom is -0.463 e. The minimum atomic E-state index is 0.284. The maximum Gasteiger partial charge on any atom is 0.322 e. The second-order valence-corrected chi connectivity index (χ2v) is 5.60. The van der Waals surface area contributed by atoms with E-state index in [1.165, 1.54) is 22.9 Å². The van der Waals surface area contributed by atoms with E-state index in [1.807, 2.05) is 6.92 Å². The molecule has 1 aromatic heterocycles. The Morgan fingerprint density at radius 3 is 2.71 bits per heavy atom. The Morgan fingerprint density at radius 2 is 2.05 bits per heavy atom. The van der Waals surface area contributed by atoms with Crippen molar-refractivity contribution in [3.8, 4) is 6.01 Å². The van der Waals surface area contributed by atoms with Crippen molar-refractivity contribution >= 4 is 17.7 Å². The molecule has 0 aliphatic carbocycles. The van der Waals surface area contributed by atoms with Crippen molar-refractivity contribution in [3.63, 3.8) is 0 Å². The van der Waals surface area contributed by atoms with Crippen LogP contribution in [0.25, 0.3) is 0 Å². The number of anilines is 1. The van der Waals surface area contributed by atoms with Crippen LogP contribution in [-0.4, -0.2) is 21.6 Å². The van der Waals surface area contributed by atoms with E-state index in [4.69, 9.17) is 10.6 Å². The summed E-state index contributed by atoms with van der Waals surface area (Å²) in [5.41, 5.74) is 4.84. The Balaban J connectivity index is 2.25. The van der Waals surface area contributed by atoms with E-state index in [2.05, 4.69) is 52.4 Å². The number of ether oxygens (including phenoxy) is 1. The number of hydrogen-bond acceptors (Lipinski definition) is 7. The Labute approximate surface area is 128 Å². The summed E-state index contributed by atoms with van der Waals surface area (Å²) in [6.07, 6.45) is 0.886. The number of aryl methyl sites for hydroxylation is 2. The van der Waals surface area contributed by atoms with Crippen molar-refractivity contribution in [1.82, 2.24) is 15.0 Å². The Bertz CT molecular complexity index is 620. The molecule has 0 spiro atoms. The average molecular weight is 305 g/mol. The summed E-state index contributed by atoms with van der Waals surface area (Å²) in [4.78, 5) is 13.7. The zero-order valence-electron chi connectivity index (χ0n) is 12.4. The highest BCUT2D eigenvalue weighted by Gasteiger charge is 2.10. The van der Waals surface area contributed by atoms with Crippen LogP contribution in [-0.2, 0) is 0 Å². The summed E-state index contributed by atoms with van der Waals surface area (Å²) in [5.74, 6) is 5.69. The maximum atomic E-state index is 5.45. The fraction of sp³-hybridized carbons (Fsp3) is 0.357. The first-order valence-corrected chi connectivity index (χ1v) is 7.54. The number of hydrazine groups is 1. The lowest BCUT2D eigenvalue weighted by atomic mass is 10.2. The molecule has 3 N–H and O–H groups in total. The van der Waals surface area contributed by atoms with E-state index in [0.717, 1.165) is 11.3 Å². The molecule has 0 aliphatic rings. The van der Waals surface area contributed by atoms with Crippen LogP contribution in [0.1, 0.15) is 24.5 Å². The molecule has 0 amide bonds. The third-order valence-electron chi connectivity index (χ3n) is 2.69. The molecule has 21 heavy (non-hydrogen) atoms. The molecule has 0 unspecified atom stereocenters. The SMILES string of the molecule is CCCOc1nc(NN)nc(Sc2ccc(C)cc2C)n1. The lowest BCUT2D eigenvalue weighted by Gasteiger charge is -2.08. The van der Waals surface area contributed by atoms with E-state index in [1.54, 1.807) is 0 Å². The van der Waals surface area contributed by atoms with Gasteiger partial charge in [-0.25, -0.2) is 5.84 Å². The van der Waals surface area contributed by atoms with Gasteiger partial charge in [0.1, 0.15) is 0 Å². The summed E-state index contributed by atoms with van der Waals surface area (Å²) in [5, 5.41) is 0.552.